The molecule has 0 aromatic heterocycles. The summed E-state index contributed by atoms with van der Waals surface area (Å²) in [4.78, 5) is 0. The van der Waals surface area contributed by atoms with Crippen LogP contribution < -0.4 is 0 Å². The van der Waals surface area contributed by atoms with Gasteiger partial charge >= 0.3 is 56.0 Å². The third kappa shape index (κ3) is 13.9. The van der Waals surface area contributed by atoms with Gasteiger partial charge in [-0.25, -0.2) is 4.58 Å². The summed E-state index contributed by atoms with van der Waals surface area (Å²) in [6.45, 7) is 8.03. The predicted molar refractivity (Wildman–Crippen MR) is 75.2 cm³/mol. The van der Waals surface area contributed by atoms with E-state index in [4.69, 9.17) is 44.6 Å². The normalized spacial score (nSPS) is 19.7. The van der Waals surface area contributed by atoms with Crippen LogP contribution in [-0.2, 0) is 0 Å². The molecule has 1 heterocycles. The quantitative estimate of drug-likeness (QED) is 0.393. The first-order valence-corrected chi connectivity index (χ1v) is 22.7. The van der Waals surface area contributed by atoms with Crippen LogP contribution in [0.5, 0.6) is 0 Å². The molecule has 0 bridgehead atoms. The molecule has 1 aliphatic rings. The van der Waals surface area contributed by atoms with Crippen LogP contribution in [0.25, 0.3) is 0 Å². The van der Waals surface area contributed by atoms with Crippen molar-refractivity contribution in [2.45, 2.75) is 39.2 Å². The van der Waals surface area contributed by atoms with Crippen molar-refractivity contribution in [1.82, 2.24) is 0 Å². The molecule has 0 spiro atoms. The van der Waals surface area contributed by atoms with Crippen molar-refractivity contribution in [3.8, 4) is 0 Å². The zero-order valence-corrected chi connectivity index (χ0v) is 15.7. The fourth-order valence-electron chi connectivity index (χ4n) is 1.21. The Bertz CT molecular complexity index is 231. The SMILES string of the molecule is CC(C)(C)[N+]1=CCCC1.[Cl][Sn-]([Cl])([Cl])([Cl])[Cl]. The van der Waals surface area contributed by atoms with Crippen LogP contribution in [0.1, 0.15) is 33.6 Å². The first-order valence-electron chi connectivity index (χ1n) is 4.65. The minimum absolute atomic E-state index is 0.358. The molecule has 0 saturated heterocycles. The summed E-state index contributed by atoms with van der Waals surface area (Å²) in [5, 5.41) is 0. The van der Waals surface area contributed by atoms with Crippen LogP contribution in [0.15, 0.2) is 0 Å². The van der Waals surface area contributed by atoms with E-state index in [2.05, 4.69) is 31.6 Å². The third-order valence-corrected chi connectivity index (χ3v) is 1.81. The standard InChI is InChI=1S/C8H16N.5ClH.Sn/c1-8(2,3)9-6-4-5-7-9;;;;;;/h6H,4-5,7H2,1-3H3;5*1H;/q+1;;;;;;+4/p-5. The minimum atomic E-state index is -4.40. The molecule has 7 heteroatoms. The summed E-state index contributed by atoms with van der Waals surface area (Å²) >= 11 is -4.40. The average Bonchev–Trinajstić information content (AvgIpc) is 2.26. The Kier molecular flexibility index (Phi) is 6.44. The van der Waals surface area contributed by atoms with Crippen molar-refractivity contribution >= 4 is 62.2 Å². The Morgan fingerprint density at radius 3 is 1.60 bits per heavy atom. The molecule has 0 amide bonds. The van der Waals surface area contributed by atoms with Crippen molar-refractivity contribution in [1.29, 1.82) is 0 Å². The fraction of sp³-hybridized carbons (Fsp3) is 0.875. The first-order chi connectivity index (χ1) is 6.34. The fourth-order valence-corrected chi connectivity index (χ4v) is 1.21. The van der Waals surface area contributed by atoms with Crippen molar-refractivity contribution in [2.24, 2.45) is 0 Å². The van der Waals surface area contributed by atoms with E-state index in [0.29, 0.717) is 5.54 Å². The van der Waals surface area contributed by atoms with Gasteiger partial charge in [0, 0.05) is 12.8 Å². The Morgan fingerprint density at radius 1 is 1.07 bits per heavy atom. The van der Waals surface area contributed by atoms with E-state index in [1.54, 1.807) is 0 Å². The molecule has 0 aromatic rings. The average molecular weight is 422 g/mol. The van der Waals surface area contributed by atoms with Crippen LogP contribution in [0.4, 0.5) is 0 Å². The second kappa shape index (κ2) is 5.71. The van der Waals surface area contributed by atoms with Gasteiger partial charge in [-0.2, -0.15) is 0 Å². The van der Waals surface area contributed by atoms with Gasteiger partial charge in [0.05, 0.1) is 0 Å². The summed E-state index contributed by atoms with van der Waals surface area (Å²) in [6, 6.07) is 0. The van der Waals surface area contributed by atoms with Crippen LogP contribution in [-0.4, -0.2) is 34.2 Å². The molecular weight excluding hydrogens is 406 g/mol. The Morgan fingerprint density at radius 2 is 1.47 bits per heavy atom. The third-order valence-electron chi connectivity index (χ3n) is 1.81. The number of rotatable bonds is 0. The van der Waals surface area contributed by atoms with Gasteiger partial charge in [-0.15, -0.1) is 0 Å². The van der Waals surface area contributed by atoms with Crippen molar-refractivity contribution < 1.29 is 4.58 Å². The van der Waals surface area contributed by atoms with Gasteiger partial charge in [0.2, 0.25) is 0 Å². The molecule has 0 atom stereocenters. The molecule has 1 nitrogen and oxygen atoms in total. The van der Waals surface area contributed by atoms with Crippen molar-refractivity contribution in [2.75, 3.05) is 6.54 Å². The van der Waals surface area contributed by atoms with Crippen LogP contribution >= 0.6 is 44.6 Å². The molecule has 1 rings (SSSR count). The van der Waals surface area contributed by atoms with E-state index in [1.165, 1.54) is 19.4 Å². The monoisotopic (exact) mass is 421 g/mol. The van der Waals surface area contributed by atoms with Gasteiger partial charge in [0.15, 0.2) is 5.54 Å². The summed E-state index contributed by atoms with van der Waals surface area (Å²) in [5.41, 5.74) is 0.358. The van der Waals surface area contributed by atoms with E-state index in [-0.39, 0.29) is 0 Å². The van der Waals surface area contributed by atoms with E-state index >= 15 is 0 Å². The Labute approximate surface area is 111 Å². The maximum absolute atomic E-state index is 5.06. The molecule has 15 heavy (non-hydrogen) atoms. The first kappa shape index (κ1) is 16.9. The number of nitrogens with zero attached hydrogens (tertiary/aromatic N) is 1. The topological polar surface area (TPSA) is 3.01 Å². The van der Waals surface area contributed by atoms with E-state index < -0.39 is 11.4 Å². The van der Waals surface area contributed by atoms with E-state index in [1.807, 2.05) is 0 Å². The molecule has 0 fully saturated rings. The van der Waals surface area contributed by atoms with E-state index in [0.717, 1.165) is 0 Å². The summed E-state index contributed by atoms with van der Waals surface area (Å²) in [7, 11) is 25.3. The van der Waals surface area contributed by atoms with Gasteiger partial charge in [0.1, 0.15) is 12.8 Å². The summed E-state index contributed by atoms with van der Waals surface area (Å²) < 4.78 is 2.42. The summed E-state index contributed by atoms with van der Waals surface area (Å²) in [5.74, 6) is 0. The molecule has 0 saturated carbocycles. The molecule has 1 aliphatic heterocycles. The van der Waals surface area contributed by atoms with Crippen molar-refractivity contribution in [3.05, 3.63) is 0 Å². The van der Waals surface area contributed by atoms with Crippen LogP contribution in [0.2, 0.25) is 0 Å². The molecule has 0 radical (unpaired) electrons. The van der Waals surface area contributed by atoms with Gasteiger partial charge in [-0.05, 0) is 20.8 Å². The molecular formula is C8H16Cl5NSn. The molecule has 0 aliphatic carbocycles. The molecule has 0 N–H and O–H groups in total. The molecule has 92 valence electrons. The van der Waals surface area contributed by atoms with Gasteiger partial charge in [-0.3, -0.25) is 0 Å². The number of hydrogen-bond donors (Lipinski definition) is 0. The molecule has 0 aromatic carbocycles. The zero-order chi connectivity index (χ0) is 12.4. The van der Waals surface area contributed by atoms with Gasteiger partial charge in [-0.1, -0.05) is 0 Å². The number of hydrogen-bond acceptors (Lipinski definition) is 0. The van der Waals surface area contributed by atoms with Gasteiger partial charge < -0.3 is 0 Å². The predicted octanol–water partition coefficient (Wildman–Crippen LogP) is 4.73. The second-order valence-corrected chi connectivity index (χ2v) is 46.8. The van der Waals surface area contributed by atoms with Crippen molar-refractivity contribution in [3.63, 3.8) is 0 Å². The maximum atomic E-state index is 5.06. The van der Waals surface area contributed by atoms with Crippen LogP contribution in [0, 0.1) is 0 Å². The van der Waals surface area contributed by atoms with Crippen LogP contribution in [0.3, 0.4) is 0 Å². The Hall–Kier alpha value is 1.92. The van der Waals surface area contributed by atoms with Gasteiger partial charge in [0.25, 0.3) is 0 Å². The second-order valence-electron chi connectivity index (χ2n) is 4.40. The van der Waals surface area contributed by atoms with E-state index in [9.17, 15) is 0 Å². The summed E-state index contributed by atoms with van der Waals surface area (Å²) in [6.07, 6.45) is 4.94. The Balaban J connectivity index is 0.000000288. The zero-order valence-electron chi connectivity index (χ0n) is 9.04. The molecule has 0 unspecified atom stereocenters. The number of halogens is 5.